The molecule has 2 heterocycles. The number of nitrogens with zero attached hydrogens (tertiary/aromatic N) is 2. The fraction of sp³-hybridized carbons (Fsp3) is 0.190. The molecule has 0 bridgehead atoms. The smallest absolute Gasteiger partial charge is 0.340 e. The van der Waals surface area contributed by atoms with Crippen LogP contribution >= 0.6 is 11.3 Å². The van der Waals surface area contributed by atoms with Crippen LogP contribution in [0.2, 0.25) is 0 Å². The number of carbonyl (C=O) groups excluding carboxylic acids is 1. The first kappa shape index (κ1) is 16.5. The minimum absolute atomic E-state index is 0.453. The fourth-order valence-corrected chi connectivity index (χ4v) is 3.98. The molecule has 0 unspecified atom stereocenters. The number of thiophene rings is 1. The molecule has 1 aliphatic rings. The molecule has 128 valence electrons. The van der Waals surface area contributed by atoms with Crippen molar-refractivity contribution in [2.75, 3.05) is 0 Å². The second-order valence-corrected chi connectivity index (χ2v) is 7.17. The van der Waals surface area contributed by atoms with E-state index in [0.29, 0.717) is 5.56 Å². The monoisotopic (exact) mass is 360 g/mol. The highest BCUT2D eigenvalue weighted by Crippen LogP contribution is 2.38. The summed E-state index contributed by atoms with van der Waals surface area (Å²) in [6.07, 6.45) is 2.94. The lowest BCUT2D eigenvalue weighted by molar-refractivity contribution is 0.0436. The normalized spacial score (nSPS) is 15.6. The van der Waals surface area contributed by atoms with Crippen molar-refractivity contribution in [2.24, 2.45) is 0 Å². The number of aromatic nitrogens is 1. The minimum Gasteiger partial charge on any atom is -0.444 e. The number of rotatable bonds is 3. The van der Waals surface area contributed by atoms with Gasteiger partial charge in [-0.05, 0) is 54.5 Å². The van der Waals surface area contributed by atoms with Gasteiger partial charge in [0.1, 0.15) is 6.07 Å². The molecule has 5 heteroatoms. The van der Waals surface area contributed by atoms with Crippen LogP contribution < -0.4 is 0 Å². The van der Waals surface area contributed by atoms with Gasteiger partial charge in [-0.15, -0.1) is 11.3 Å². The Morgan fingerprint density at radius 1 is 1.31 bits per heavy atom. The van der Waals surface area contributed by atoms with Crippen LogP contribution in [0.4, 0.5) is 0 Å². The molecule has 0 saturated heterocycles. The van der Waals surface area contributed by atoms with Gasteiger partial charge in [0, 0.05) is 10.3 Å². The van der Waals surface area contributed by atoms with Crippen molar-refractivity contribution in [1.82, 2.24) is 4.98 Å². The maximum Gasteiger partial charge on any atom is 0.340 e. The van der Waals surface area contributed by atoms with E-state index in [4.69, 9.17) is 15.0 Å². The van der Waals surface area contributed by atoms with E-state index in [1.54, 1.807) is 18.3 Å². The number of ether oxygens (including phenoxy) is 1. The Morgan fingerprint density at radius 2 is 2.15 bits per heavy atom. The first-order valence-corrected chi connectivity index (χ1v) is 9.32. The van der Waals surface area contributed by atoms with E-state index in [1.807, 2.05) is 41.8 Å². The molecule has 0 spiro atoms. The Hall–Kier alpha value is -2.97. The Kier molecular flexibility index (Phi) is 4.27. The molecule has 4 nitrogen and oxygen atoms in total. The van der Waals surface area contributed by atoms with E-state index in [2.05, 4.69) is 12.1 Å². The highest BCUT2D eigenvalue weighted by atomic mass is 32.1. The Labute approximate surface area is 155 Å². The molecule has 0 aliphatic heterocycles. The van der Waals surface area contributed by atoms with E-state index in [-0.39, 0.29) is 0 Å². The molecular weight excluding hydrogens is 344 g/mol. The number of hydrogen-bond acceptors (Lipinski definition) is 5. The van der Waals surface area contributed by atoms with Crippen LogP contribution in [0.1, 0.15) is 39.8 Å². The number of carbonyl (C=O) groups is 1. The first-order valence-electron chi connectivity index (χ1n) is 8.44. The van der Waals surface area contributed by atoms with E-state index in [1.165, 1.54) is 4.88 Å². The van der Waals surface area contributed by atoms with E-state index in [0.717, 1.165) is 40.6 Å². The second kappa shape index (κ2) is 6.74. The largest absolute Gasteiger partial charge is 0.444 e. The molecular formula is C21H16N2O2S. The standard InChI is InChI=1S/C21H16N2O2S/c1-13(12-22)25-21(24)19-16-6-2-3-7-18(16)23-20-14(8-9-17(19)20)11-15-5-4-10-26-15/h2-7,10-11,13H,8-9H2,1H3/b14-11+/t13-/m0/s1. The quantitative estimate of drug-likeness (QED) is 0.626. The fourth-order valence-electron chi connectivity index (χ4n) is 3.30. The van der Waals surface area contributed by atoms with Gasteiger partial charge in [0.15, 0.2) is 6.10 Å². The predicted octanol–water partition coefficient (Wildman–Crippen LogP) is 4.85. The molecule has 4 rings (SSSR count). The maximum atomic E-state index is 12.8. The van der Waals surface area contributed by atoms with Crippen molar-refractivity contribution in [2.45, 2.75) is 25.9 Å². The summed E-state index contributed by atoms with van der Waals surface area (Å²) in [5.41, 5.74) is 4.23. The number of para-hydroxylation sites is 1. The lowest BCUT2D eigenvalue weighted by atomic mass is 10.0. The van der Waals surface area contributed by atoms with Crippen LogP contribution in [0.5, 0.6) is 0 Å². The zero-order valence-corrected chi connectivity index (χ0v) is 15.0. The molecule has 0 fully saturated rings. The van der Waals surface area contributed by atoms with E-state index < -0.39 is 12.1 Å². The van der Waals surface area contributed by atoms with Gasteiger partial charge in [-0.3, -0.25) is 0 Å². The average Bonchev–Trinajstić information content (AvgIpc) is 3.30. The van der Waals surface area contributed by atoms with Crippen LogP contribution in [-0.2, 0) is 11.2 Å². The number of esters is 1. The molecule has 0 saturated carbocycles. The van der Waals surface area contributed by atoms with Gasteiger partial charge in [0.05, 0.1) is 16.8 Å². The third-order valence-electron chi connectivity index (χ3n) is 4.47. The molecule has 0 N–H and O–H groups in total. The van der Waals surface area contributed by atoms with Crippen LogP contribution in [0.25, 0.3) is 22.6 Å². The first-order chi connectivity index (χ1) is 12.7. The molecule has 2 aromatic heterocycles. The predicted molar refractivity (Wildman–Crippen MR) is 103 cm³/mol. The molecule has 0 amide bonds. The third-order valence-corrected chi connectivity index (χ3v) is 5.29. The summed E-state index contributed by atoms with van der Waals surface area (Å²) < 4.78 is 5.31. The van der Waals surface area contributed by atoms with Crippen LogP contribution in [0.15, 0.2) is 41.8 Å². The SMILES string of the molecule is C[C@@H](C#N)OC(=O)c1c2c(nc3ccccc13)/C(=C/c1cccs1)CC2. The van der Waals surface area contributed by atoms with Crippen LogP contribution in [0, 0.1) is 11.3 Å². The Bertz CT molecular complexity index is 1060. The zero-order chi connectivity index (χ0) is 18.1. The summed E-state index contributed by atoms with van der Waals surface area (Å²) in [5.74, 6) is -0.453. The second-order valence-electron chi connectivity index (χ2n) is 6.19. The van der Waals surface area contributed by atoms with Crippen LogP contribution in [-0.4, -0.2) is 17.1 Å². The van der Waals surface area contributed by atoms with Gasteiger partial charge in [0.25, 0.3) is 0 Å². The number of benzene rings is 1. The average molecular weight is 360 g/mol. The van der Waals surface area contributed by atoms with Crippen molar-refractivity contribution < 1.29 is 9.53 Å². The molecule has 1 atom stereocenters. The van der Waals surface area contributed by atoms with Crippen molar-refractivity contribution in [3.8, 4) is 6.07 Å². The van der Waals surface area contributed by atoms with Gasteiger partial charge in [-0.25, -0.2) is 9.78 Å². The third kappa shape index (κ3) is 2.89. The molecule has 0 radical (unpaired) electrons. The lowest BCUT2D eigenvalue weighted by Gasteiger charge is -2.13. The highest BCUT2D eigenvalue weighted by Gasteiger charge is 2.28. The van der Waals surface area contributed by atoms with Gasteiger partial charge in [0.2, 0.25) is 0 Å². The highest BCUT2D eigenvalue weighted by molar-refractivity contribution is 7.10. The molecule has 1 aromatic carbocycles. The summed E-state index contributed by atoms with van der Waals surface area (Å²) in [7, 11) is 0. The van der Waals surface area contributed by atoms with E-state index >= 15 is 0 Å². The van der Waals surface area contributed by atoms with Gasteiger partial charge >= 0.3 is 5.97 Å². The lowest BCUT2D eigenvalue weighted by Crippen LogP contribution is -2.16. The summed E-state index contributed by atoms with van der Waals surface area (Å²) in [6.45, 7) is 1.57. The molecule has 3 aromatic rings. The molecule has 1 aliphatic carbocycles. The van der Waals surface area contributed by atoms with Gasteiger partial charge in [-0.2, -0.15) is 5.26 Å². The van der Waals surface area contributed by atoms with Crippen LogP contribution in [0.3, 0.4) is 0 Å². The van der Waals surface area contributed by atoms with Crippen molar-refractivity contribution in [3.05, 3.63) is 63.5 Å². The summed E-state index contributed by atoms with van der Waals surface area (Å²) in [5, 5.41) is 11.8. The summed E-state index contributed by atoms with van der Waals surface area (Å²) in [4.78, 5) is 18.8. The number of fused-ring (bicyclic) bond motifs is 2. The Balaban J connectivity index is 1.89. The van der Waals surface area contributed by atoms with Gasteiger partial charge in [-0.1, -0.05) is 24.3 Å². The zero-order valence-electron chi connectivity index (χ0n) is 14.2. The van der Waals surface area contributed by atoms with Crippen molar-refractivity contribution in [1.29, 1.82) is 5.26 Å². The minimum atomic E-state index is -0.785. The number of hydrogen-bond donors (Lipinski definition) is 0. The summed E-state index contributed by atoms with van der Waals surface area (Å²) in [6, 6.07) is 13.6. The maximum absolute atomic E-state index is 12.8. The number of nitriles is 1. The topological polar surface area (TPSA) is 63.0 Å². The summed E-state index contributed by atoms with van der Waals surface area (Å²) >= 11 is 1.68. The Morgan fingerprint density at radius 3 is 2.92 bits per heavy atom. The van der Waals surface area contributed by atoms with E-state index in [9.17, 15) is 4.79 Å². The number of allylic oxidation sites excluding steroid dienone is 1. The van der Waals surface area contributed by atoms with Crippen molar-refractivity contribution in [3.63, 3.8) is 0 Å². The molecule has 26 heavy (non-hydrogen) atoms. The number of pyridine rings is 1. The van der Waals surface area contributed by atoms with Gasteiger partial charge < -0.3 is 4.74 Å². The van der Waals surface area contributed by atoms with Crippen molar-refractivity contribution >= 4 is 39.9 Å².